The van der Waals surface area contributed by atoms with E-state index >= 15 is 0 Å². The highest BCUT2D eigenvalue weighted by atomic mass is 32.1. The number of hydrogen-bond acceptors (Lipinski definition) is 8. The molecule has 2 aliphatic heterocycles. The van der Waals surface area contributed by atoms with Gasteiger partial charge in [-0.15, -0.1) is 22.7 Å². The van der Waals surface area contributed by atoms with E-state index in [0.29, 0.717) is 57.7 Å². The Labute approximate surface area is 332 Å². The molecule has 0 saturated heterocycles. The van der Waals surface area contributed by atoms with E-state index in [2.05, 4.69) is 73.0 Å². The summed E-state index contributed by atoms with van der Waals surface area (Å²) in [5, 5.41) is 2.22. The van der Waals surface area contributed by atoms with Gasteiger partial charge in [-0.05, 0) is 65.9 Å². The van der Waals surface area contributed by atoms with Gasteiger partial charge in [0.2, 0.25) is 0 Å². The number of para-hydroxylation sites is 1. The van der Waals surface area contributed by atoms with Gasteiger partial charge < -0.3 is 18.8 Å². The van der Waals surface area contributed by atoms with E-state index in [-0.39, 0.29) is 17.7 Å². The van der Waals surface area contributed by atoms with E-state index in [1.165, 1.54) is 27.6 Å². The number of thiophene rings is 2. The molecular weight excluding hydrogens is 741 g/mol. The van der Waals surface area contributed by atoms with Crippen LogP contribution in [0.15, 0.2) is 91.0 Å². The molecule has 0 radical (unpaired) electrons. The third-order valence-electron chi connectivity index (χ3n) is 11.0. The molecule has 5 heterocycles. The summed E-state index contributed by atoms with van der Waals surface area (Å²) in [4.78, 5) is 45.0. The summed E-state index contributed by atoms with van der Waals surface area (Å²) >= 11 is 2.95. The fourth-order valence-electron chi connectivity index (χ4n) is 8.03. The molecule has 0 saturated carbocycles. The van der Waals surface area contributed by atoms with Crippen LogP contribution in [0.5, 0.6) is 17.2 Å². The van der Waals surface area contributed by atoms with E-state index in [1.54, 1.807) is 19.2 Å². The van der Waals surface area contributed by atoms with Crippen LogP contribution in [-0.2, 0) is 0 Å². The zero-order valence-electron chi connectivity index (χ0n) is 31.4. The van der Waals surface area contributed by atoms with Gasteiger partial charge in [0.15, 0.2) is 11.5 Å². The summed E-state index contributed by atoms with van der Waals surface area (Å²) in [6.45, 7) is 5.43. The van der Waals surface area contributed by atoms with Gasteiger partial charge in [0.05, 0.1) is 43.9 Å². The second-order valence-corrected chi connectivity index (χ2v) is 16.3. The molecule has 0 bridgehead atoms. The predicted octanol–water partition coefficient (Wildman–Crippen LogP) is 11.3. The lowest BCUT2D eigenvalue weighted by molar-refractivity contribution is 0.0624. The largest absolute Gasteiger partial charge is 0.497 e. The molecule has 2 amide bonds. The number of imide groups is 1. The Balaban J connectivity index is 1.20. The molecule has 7 aromatic rings. The SMILES string of the molecule is CCCCC(CC)CN1C(=O)c2c(-c3ccc(C=O)cc3)sc(-c3sc(-c4ccc5c(c4)c4ccccc4n5-c4ccc(OC)cc4)c4c3OCCO4)c2C1=O. The first-order chi connectivity index (χ1) is 27.4. The van der Waals surface area contributed by atoms with E-state index in [4.69, 9.17) is 14.2 Å². The molecule has 0 fully saturated rings. The number of nitrogens with zero attached hydrogens (tertiary/aromatic N) is 2. The van der Waals surface area contributed by atoms with Crippen molar-refractivity contribution in [3.8, 4) is 53.6 Å². The van der Waals surface area contributed by atoms with Crippen molar-refractivity contribution in [2.24, 2.45) is 5.92 Å². The highest BCUT2D eigenvalue weighted by Gasteiger charge is 2.44. The number of carbonyl (C=O) groups is 3. The lowest BCUT2D eigenvalue weighted by Gasteiger charge is -2.22. The fourth-order valence-corrected chi connectivity index (χ4v) is 10.6. The summed E-state index contributed by atoms with van der Waals surface area (Å²) < 4.78 is 20.5. The maximum absolute atomic E-state index is 14.5. The molecule has 8 nitrogen and oxygen atoms in total. The standard InChI is InChI=1S/C46H40N2O6S2/c1-4-6-9-27(5-2)25-47-45(50)37-38(46(47)51)43(55-41(37)29-14-12-28(26-49)13-15-29)44-40-39(53-22-23-54-40)42(56-44)30-16-21-36-34(24-30)33-10-7-8-11-35(33)48(36)31-17-19-32(52-3)20-18-31/h7-8,10-21,24,26-27H,4-6,9,22-23,25H2,1-3H3. The Kier molecular flexibility index (Phi) is 9.47. The van der Waals surface area contributed by atoms with Crippen LogP contribution in [-0.4, -0.2) is 54.4 Å². The van der Waals surface area contributed by atoms with Crippen molar-refractivity contribution >= 4 is 62.6 Å². The Hall–Kier alpha value is -5.71. The summed E-state index contributed by atoms with van der Waals surface area (Å²) in [7, 11) is 1.67. The number of carbonyl (C=O) groups excluding carboxylic acids is 3. The van der Waals surface area contributed by atoms with Crippen molar-refractivity contribution in [2.75, 3.05) is 26.9 Å². The highest BCUT2D eigenvalue weighted by Crippen LogP contribution is 2.58. The summed E-state index contributed by atoms with van der Waals surface area (Å²) in [5.41, 5.74) is 6.33. The van der Waals surface area contributed by atoms with Crippen LogP contribution in [0.3, 0.4) is 0 Å². The van der Waals surface area contributed by atoms with Gasteiger partial charge in [0, 0.05) is 33.4 Å². The van der Waals surface area contributed by atoms with Crippen molar-refractivity contribution < 1.29 is 28.6 Å². The van der Waals surface area contributed by atoms with Crippen molar-refractivity contribution in [1.82, 2.24) is 9.47 Å². The van der Waals surface area contributed by atoms with Crippen LogP contribution in [0.2, 0.25) is 0 Å². The molecule has 10 heteroatoms. The second-order valence-electron chi connectivity index (χ2n) is 14.3. The quantitative estimate of drug-likeness (QED) is 0.0906. The first-order valence-electron chi connectivity index (χ1n) is 19.1. The molecule has 282 valence electrons. The lowest BCUT2D eigenvalue weighted by Crippen LogP contribution is -2.34. The van der Waals surface area contributed by atoms with Gasteiger partial charge in [-0.25, -0.2) is 0 Å². The van der Waals surface area contributed by atoms with E-state index in [0.717, 1.165) is 86.1 Å². The minimum absolute atomic E-state index is 0.220. The molecule has 0 N–H and O–H groups in total. The molecule has 56 heavy (non-hydrogen) atoms. The van der Waals surface area contributed by atoms with Crippen molar-refractivity contribution in [1.29, 1.82) is 0 Å². The van der Waals surface area contributed by atoms with E-state index in [1.807, 2.05) is 24.3 Å². The minimum Gasteiger partial charge on any atom is -0.497 e. The molecule has 2 aliphatic rings. The minimum atomic E-state index is -0.268. The zero-order chi connectivity index (χ0) is 38.5. The second kappa shape index (κ2) is 14.7. The number of aromatic nitrogens is 1. The number of fused-ring (bicyclic) bond motifs is 5. The van der Waals surface area contributed by atoms with Crippen LogP contribution in [0.1, 0.15) is 70.6 Å². The van der Waals surface area contributed by atoms with Crippen LogP contribution < -0.4 is 14.2 Å². The van der Waals surface area contributed by atoms with Gasteiger partial charge in [0.1, 0.15) is 25.2 Å². The van der Waals surface area contributed by atoms with Gasteiger partial charge in [0.25, 0.3) is 11.8 Å². The zero-order valence-corrected chi connectivity index (χ0v) is 33.1. The highest BCUT2D eigenvalue weighted by molar-refractivity contribution is 7.26. The Bertz CT molecular complexity index is 2650. The molecule has 0 spiro atoms. The average Bonchev–Trinajstić information content (AvgIpc) is 3.98. The fraction of sp³-hybridized carbons (Fsp3) is 0.239. The number of ether oxygens (including phenoxy) is 3. The molecule has 3 aromatic heterocycles. The Morgan fingerprint density at radius 2 is 1.41 bits per heavy atom. The van der Waals surface area contributed by atoms with Crippen molar-refractivity contribution in [3.63, 3.8) is 0 Å². The van der Waals surface area contributed by atoms with Crippen LogP contribution in [0.4, 0.5) is 0 Å². The number of aldehydes is 1. The summed E-state index contributed by atoms with van der Waals surface area (Å²) in [6, 6.07) is 30.1. The third kappa shape index (κ3) is 5.90. The number of benzene rings is 4. The molecule has 0 aliphatic carbocycles. The number of hydrogen-bond donors (Lipinski definition) is 0. The van der Waals surface area contributed by atoms with E-state index in [9.17, 15) is 14.4 Å². The van der Waals surface area contributed by atoms with Crippen molar-refractivity contribution in [3.05, 3.63) is 108 Å². The van der Waals surface area contributed by atoms with Crippen LogP contribution >= 0.6 is 22.7 Å². The maximum Gasteiger partial charge on any atom is 0.263 e. The lowest BCUT2D eigenvalue weighted by atomic mass is 9.99. The smallest absolute Gasteiger partial charge is 0.263 e. The van der Waals surface area contributed by atoms with Crippen LogP contribution in [0, 0.1) is 5.92 Å². The molecule has 4 aromatic carbocycles. The van der Waals surface area contributed by atoms with E-state index < -0.39 is 0 Å². The molecular formula is C46H40N2O6S2. The topological polar surface area (TPSA) is 87.1 Å². The summed E-state index contributed by atoms with van der Waals surface area (Å²) in [5.74, 6) is 1.73. The Morgan fingerprint density at radius 3 is 2.11 bits per heavy atom. The van der Waals surface area contributed by atoms with Gasteiger partial charge in [-0.3, -0.25) is 19.3 Å². The van der Waals surface area contributed by atoms with Crippen LogP contribution in [0.25, 0.3) is 58.1 Å². The number of unbranched alkanes of at least 4 members (excludes halogenated alkanes) is 1. The predicted molar refractivity (Wildman–Crippen MR) is 224 cm³/mol. The first-order valence-corrected chi connectivity index (χ1v) is 20.8. The number of rotatable bonds is 12. The van der Waals surface area contributed by atoms with Gasteiger partial charge in [-0.2, -0.15) is 0 Å². The van der Waals surface area contributed by atoms with Gasteiger partial charge >= 0.3 is 0 Å². The number of amides is 2. The average molecular weight is 781 g/mol. The normalized spacial score (nSPS) is 14.2. The molecule has 1 unspecified atom stereocenters. The van der Waals surface area contributed by atoms with Gasteiger partial charge in [-0.1, -0.05) is 81.6 Å². The summed E-state index contributed by atoms with van der Waals surface area (Å²) in [6.07, 6.45) is 4.75. The monoisotopic (exact) mass is 780 g/mol. The maximum atomic E-state index is 14.5. The first kappa shape index (κ1) is 36.0. The number of methoxy groups -OCH3 is 1. The third-order valence-corrected chi connectivity index (χ3v) is 13.6. The molecule has 9 rings (SSSR count). The van der Waals surface area contributed by atoms with Crippen molar-refractivity contribution in [2.45, 2.75) is 39.5 Å². The molecule has 1 atom stereocenters. The Morgan fingerprint density at radius 1 is 0.750 bits per heavy atom.